The molecular formula is C13H19NOS. The summed E-state index contributed by atoms with van der Waals surface area (Å²) < 4.78 is 0. The first-order chi connectivity index (χ1) is 7.72. The Balaban J connectivity index is 2.22. The number of rotatable bonds is 3. The van der Waals surface area contributed by atoms with Crippen LogP contribution >= 0.6 is 11.8 Å². The Labute approximate surface area is 101 Å². The maximum absolute atomic E-state index is 9.13. The highest BCUT2D eigenvalue weighted by Gasteiger charge is 2.27. The second kappa shape index (κ2) is 5.21. The van der Waals surface area contributed by atoms with Gasteiger partial charge in [0.15, 0.2) is 0 Å². The molecule has 1 aliphatic heterocycles. The van der Waals surface area contributed by atoms with Crippen molar-refractivity contribution in [2.45, 2.75) is 30.8 Å². The molecule has 3 heteroatoms. The van der Waals surface area contributed by atoms with Crippen molar-refractivity contribution < 1.29 is 5.11 Å². The van der Waals surface area contributed by atoms with E-state index < -0.39 is 0 Å². The number of aliphatic hydroxyl groups is 1. The van der Waals surface area contributed by atoms with Crippen LogP contribution in [0.15, 0.2) is 29.2 Å². The Hall–Kier alpha value is -0.510. The fraction of sp³-hybridized carbons (Fsp3) is 0.538. The predicted molar refractivity (Wildman–Crippen MR) is 68.8 cm³/mol. The average Bonchev–Trinajstić information content (AvgIpc) is 2.32. The summed E-state index contributed by atoms with van der Waals surface area (Å²) >= 11 is 1.93. The average molecular weight is 237 g/mol. The molecule has 0 aliphatic carbocycles. The fourth-order valence-corrected chi connectivity index (χ4v) is 3.28. The number of thioether (sulfide) groups is 1. The van der Waals surface area contributed by atoms with Crippen molar-refractivity contribution in [2.24, 2.45) is 5.92 Å². The van der Waals surface area contributed by atoms with Crippen molar-refractivity contribution in [3.8, 4) is 0 Å². The van der Waals surface area contributed by atoms with Gasteiger partial charge in [-0.3, -0.25) is 0 Å². The number of fused-ring (bicyclic) bond motifs is 1. The molecule has 0 saturated heterocycles. The zero-order valence-electron chi connectivity index (χ0n) is 9.81. The summed E-state index contributed by atoms with van der Waals surface area (Å²) in [6.07, 6.45) is 0. The van der Waals surface area contributed by atoms with E-state index in [0.29, 0.717) is 12.0 Å². The van der Waals surface area contributed by atoms with Crippen LogP contribution in [-0.4, -0.2) is 23.5 Å². The summed E-state index contributed by atoms with van der Waals surface area (Å²) in [6, 6.07) is 9.09. The summed E-state index contributed by atoms with van der Waals surface area (Å²) in [5.74, 6) is 1.75. The van der Waals surface area contributed by atoms with Gasteiger partial charge in [0.1, 0.15) is 0 Å². The molecule has 2 nitrogen and oxygen atoms in total. The predicted octanol–water partition coefficient (Wildman–Crippen LogP) is 2.44. The molecule has 1 aromatic carbocycles. The highest BCUT2D eigenvalue weighted by Crippen LogP contribution is 2.39. The highest BCUT2D eigenvalue weighted by atomic mass is 32.2. The smallest absolute Gasteiger partial charge is 0.0582 e. The van der Waals surface area contributed by atoms with Crippen molar-refractivity contribution in [1.82, 2.24) is 5.32 Å². The van der Waals surface area contributed by atoms with Crippen LogP contribution in [0.4, 0.5) is 0 Å². The molecular weight excluding hydrogens is 218 g/mol. The third-order valence-electron chi connectivity index (χ3n) is 3.06. The minimum absolute atomic E-state index is 0.156. The molecule has 0 bridgehead atoms. The van der Waals surface area contributed by atoms with E-state index in [9.17, 15) is 0 Å². The third kappa shape index (κ3) is 2.42. The van der Waals surface area contributed by atoms with Crippen molar-refractivity contribution in [2.75, 3.05) is 12.4 Å². The molecule has 16 heavy (non-hydrogen) atoms. The van der Waals surface area contributed by atoms with Crippen molar-refractivity contribution in [3.05, 3.63) is 29.8 Å². The fourth-order valence-electron chi connectivity index (χ4n) is 2.11. The van der Waals surface area contributed by atoms with Gasteiger partial charge in [-0.15, -0.1) is 11.8 Å². The van der Waals surface area contributed by atoms with Crippen molar-refractivity contribution in [3.63, 3.8) is 0 Å². The van der Waals surface area contributed by atoms with Crippen LogP contribution in [0.1, 0.15) is 25.5 Å². The molecule has 0 spiro atoms. The van der Waals surface area contributed by atoms with E-state index in [4.69, 9.17) is 5.11 Å². The summed E-state index contributed by atoms with van der Waals surface area (Å²) in [5, 5.41) is 12.6. The van der Waals surface area contributed by atoms with Crippen molar-refractivity contribution >= 4 is 11.8 Å². The van der Waals surface area contributed by atoms with Crippen molar-refractivity contribution in [1.29, 1.82) is 0 Å². The first kappa shape index (κ1) is 12.0. The normalized spacial score (nSPS) is 26.2. The van der Waals surface area contributed by atoms with E-state index >= 15 is 0 Å². The molecule has 1 heterocycles. The lowest BCUT2D eigenvalue weighted by Crippen LogP contribution is -2.38. The first-order valence-electron chi connectivity index (χ1n) is 5.81. The Bertz CT molecular complexity index is 356. The Morgan fingerprint density at radius 2 is 2.25 bits per heavy atom. The number of hydrogen-bond donors (Lipinski definition) is 2. The van der Waals surface area contributed by atoms with Crippen LogP contribution in [0.25, 0.3) is 0 Å². The van der Waals surface area contributed by atoms with Crippen LogP contribution in [0.2, 0.25) is 0 Å². The van der Waals surface area contributed by atoms with Crippen LogP contribution in [0, 0.1) is 5.92 Å². The van der Waals surface area contributed by atoms with Gasteiger partial charge in [-0.25, -0.2) is 0 Å². The van der Waals surface area contributed by atoms with Gasteiger partial charge in [0, 0.05) is 22.7 Å². The molecule has 1 aromatic rings. The molecule has 0 saturated carbocycles. The Kier molecular flexibility index (Phi) is 3.90. The summed E-state index contributed by atoms with van der Waals surface area (Å²) in [4.78, 5) is 1.38. The maximum atomic E-state index is 9.13. The van der Waals surface area contributed by atoms with E-state index in [0.717, 1.165) is 5.75 Å². The highest BCUT2D eigenvalue weighted by molar-refractivity contribution is 7.99. The Morgan fingerprint density at radius 3 is 3.00 bits per heavy atom. The lowest BCUT2D eigenvalue weighted by Gasteiger charge is -2.33. The molecule has 0 amide bonds. The number of hydrogen-bond acceptors (Lipinski definition) is 3. The molecule has 1 aliphatic rings. The molecule has 0 radical (unpaired) electrons. The van der Waals surface area contributed by atoms with E-state index in [-0.39, 0.29) is 12.6 Å². The molecule has 0 fully saturated rings. The maximum Gasteiger partial charge on any atom is 0.0582 e. The zero-order chi connectivity index (χ0) is 11.5. The Morgan fingerprint density at radius 1 is 1.50 bits per heavy atom. The molecule has 0 aromatic heterocycles. The van der Waals surface area contributed by atoms with Gasteiger partial charge >= 0.3 is 0 Å². The van der Waals surface area contributed by atoms with Crippen LogP contribution in [0.3, 0.4) is 0 Å². The van der Waals surface area contributed by atoms with Gasteiger partial charge in [0.25, 0.3) is 0 Å². The lowest BCUT2D eigenvalue weighted by molar-refractivity contribution is 0.229. The lowest BCUT2D eigenvalue weighted by atomic mass is 9.94. The first-order valence-corrected chi connectivity index (χ1v) is 6.79. The second-order valence-corrected chi connectivity index (χ2v) is 5.62. The van der Waals surface area contributed by atoms with Crippen LogP contribution in [0.5, 0.6) is 0 Å². The zero-order valence-corrected chi connectivity index (χ0v) is 10.6. The van der Waals surface area contributed by atoms with E-state index in [2.05, 4.69) is 36.5 Å². The third-order valence-corrected chi connectivity index (χ3v) is 4.44. The quantitative estimate of drug-likeness (QED) is 0.847. The summed E-state index contributed by atoms with van der Waals surface area (Å²) in [5.41, 5.74) is 1.38. The van der Waals surface area contributed by atoms with Gasteiger partial charge in [-0.2, -0.15) is 0 Å². The van der Waals surface area contributed by atoms with Crippen LogP contribution < -0.4 is 5.32 Å². The topological polar surface area (TPSA) is 32.3 Å². The number of benzene rings is 1. The van der Waals surface area contributed by atoms with E-state index in [1.54, 1.807) is 0 Å². The van der Waals surface area contributed by atoms with Crippen LogP contribution in [-0.2, 0) is 0 Å². The number of nitrogens with one attached hydrogen (secondary N) is 1. The molecule has 3 atom stereocenters. The SMILES string of the molecule is CC1CSc2ccccc2C1N[C@H](C)CO. The molecule has 2 unspecified atom stereocenters. The molecule has 2 rings (SSSR count). The second-order valence-electron chi connectivity index (χ2n) is 4.55. The number of aliphatic hydroxyl groups excluding tert-OH is 1. The van der Waals surface area contributed by atoms with Gasteiger partial charge in [0.2, 0.25) is 0 Å². The molecule has 2 N–H and O–H groups in total. The summed E-state index contributed by atoms with van der Waals surface area (Å²) in [6.45, 7) is 4.49. The monoisotopic (exact) mass is 237 g/mol. The van der Waals surface area contributed by atoms with Gasteiger partial charge in [-0.1, -0.05) is 25.1 Å². The van der Waals surface area contributed by atoms with E-state index in [1.165, 1.54) is 10.5 Å². The molecule has 88 valence electrons. The van der Waals surface area contributed by atoms with Gasteiger partial charge < -0.3 is 10.4 Å². The minimum atomic E-state index is 0.156. The van der Waals surface area contributed by atoms with Gasteiger partial charge in [-0.05, 0) is 24.5 Å². The van der Waals surface area contributed by atoms with E-state index in [1.807, 2.05) is 18.7 Å². The summed E-state index contributed by atoms with van der Waals surface area (Å²) in [7, 11) is 0. The standard InChI is InChI=1S/C13H19NOS/c1-9-8-16-12-6-4-3-5-11(12)13(9)14-10(2)7-15/h3-6,9-10,13-15H,7-8H2,1-2H3/t9?,10-,13?/m1/s1. The largest absolute Gasteiger partial charge is 0.395 e. The minimum Gasteiger partial charge on any atom is -0.395 e. The van der Waals surface area contributed by atoms with Gasteiger partial charge in [0.05, 0.1) is 6.61 Å².